The Bertz CT molecular complexity index is 1300. The second-order valence-electron chi connectivity index (χ2n) is 8.20. The molecule has 9 nitrogen and oxygen atoms in total. The summed E-state index contributed by atoms with van der Waals surface area (Å²) in [6.45, 7) is 2.22. The Kier molecular flexibility index (Phi) is 8.09. The van der Waals surface area contributed by atoms with Gasteiger partial charge in [0.1, 0.15) is 5.82 Å². The van der Waals surface area contributed by atoms with Crippen LogP contribution in [0.5, 0.6) is 0 Å². The molecule has 1 fully saturated rings. The van der Waals surface area contributed by atoms with Gasteiger partial charge in [-0.15, -0.1) is 0 Å². The van der Waals surface area contributed by atoms with E-state index in [1.807, 2.05) is 12.1 Å². The van der Waals surface area contributed by atoms with Gasteiger partial charge < -0.3 is 30.5 Å². The molecule has 4 amide bonds. The van der Waals surface area contributed by atoms with Gasteiger partial charge in [-0.25, -0.2) is 18.8 Å². The standard InChI is InChI=1S/C26H25ClFN5O4/c1-37-24(34)17-6-11-22(20(27)16-17)31-26(36)33-14-12-32(13-15-33)19-9-7-18(8-10-19)29-25(35)30-23-5-3-2-4-21(23)28/h2-11,16H,12-15H2,1H3,(H,31,36)(H2,29,30,35). The Morgan fingerprint density at radius 2 is 1.57 bits per heavy atom. The topological polar surface area (TPSA) is 103 Å². The summed E-state index contributed by atoms with van der Waals surface area (Å²) >= 11 is 6.21. The number of halogens is 2. The fourth-order valence-corrected chi connectivity index (χ4v) is 4.05. The van der Waals surface area contributed by atoms with Crippen molar-refractivity contribution in [3.63, 3.8) is 0 Å². The first-order chi connectivity index (χ1) is 17.8. The Balaban J connectivity index is 1.27. The second-order valence-corrected chi connectivity index (χ2v) is 8.60. The molecule has 0 spiro atoms. The second kappa shape index (κ2) is 11.6. The van der Waals surface area contributed by atoms with Crippen molar-refractivity contribution >= 4 is 52.4 Å². The number of amides is 4. The zero-order valence-corrected chi connectivity index (χ0v) is 20.7. The lowest BCUT2D eigenvalue weighted by Crippen LogP contribution is -2.50. The van der Waals surface area contributed by atoms with Crippen LogP contribution in [-0.4, -0.2) is 56.2 Å². The average Bonchev–Trinajstić information content (AvgIpc) is 2.91. The highest BCUT2D eigenvalue weighted by Gasteiger charge is 2.22. The van der Waals surface area contributed by atoms with Gasteiger partial charge in [-0.3, -0.25) is 0 Å². The minimum Gasteiger partial charge on any atom is -0.465 e. The summed E-state index contributed by atoms with van der Waals surface area (Å²) in [6.07, 6.45) is 0. The summed E-state index contributed by atoms with van der Waals surface area (Å²) in [5.41, 5.74) is 2.31. The van der Waals surface area contributed by atoms with Crippen LogP contribution in [0.2, 0.25) is 5.02 Å². The molecule has 37 heavy (non-hydrogen) atoms. The van der Waals surface area contributed by atoms with Gasteiger partial charge in [0.05, 0.1) is 29.1 Å². The highest BCUT2D eigenvalue weighted by atomic mass is 35.5. The van der Waals surface area contributed by atoms with E-state index < -0.39 is 17.8 Å². The third-order valence-electron chi connectivity index (χ3n) is 5.81. The molecule has 0 bridgehead atoms. The van der Waals surface area contributed by atoms with Gasteiger partial charge in [0.15, 0.2) is 0 Å². The molecule has 192 valence electrons. The minimum absolute atomic E-state index is 0.0963. The first-order valence-corrected chi connectivity index (χ1v) is 11.8. The number of methoxy groups -OCH3 is 1. The molecule has 0 unspecified atom stereocenters. The summed E-state index contributed by atoms with van der Waals surface area (Å²) in [6, 6.07) is 16.9. The average molecular weight is 526 g/mol. The van der Waals surface area contributed by atoms with E-state index in [2.05, 4.69) is 25.6 Å². The maximum absolute atomic E-state index is 13.7. The molecule has 0 radical (unpaired) electrons. The van der Waals surface area contributed by atoms with Gasteiger partial charge in [0.25, 0.3) is 0 Å². The molecule has 0 atom stereocenters. The number of benzene rings is 3. The van der Waals surface area contributed by atoms with Crippen molar-refractivity contribution < 1.29 is 23.5 Å². The lowest BCUT2D eigenvalue weighted by molar-refractivity contribution is 0.0600. The Labute approximate surface area is 218 Å². The Morgan fingerprint density at radius 3 is 2.22 bits per heavy atom. The highest BCUT2D eigenvalue weighted by Crippen LogP contribution is 2.25. The largest absolute Gasteiger partial charge is 0.465 e. The smallest absolute Gasteiger partial charge is 0.337 e. The number of hydrogen-bond acceptors (Lipinski definition) is 5. The number of piperazine rings is 1. The van der Waals surface area contributed by atoms with Crippen LogP contribution >= 0.6 is 11.6 Å². The van der Waals surface area contributed by atoms with Crippen molar-refractivity contribution in [2.24, 2.45) is 0 Å². The van der Waals surface area contributed by atoms with Crippen molar-refractivity contribution in [3.8, 4) is 0 Å². The SMILES string of the molecule is COC(=O)c1ccc(NC(=O)N2CCN(c3ccc(NC(=O)Nc4ccccc4F)cc3)CC2)c(Cl)c1. The number of nitrogens with zero attached hydrogens (tertiary/aromatic N) is 2. The van der Waals surface area contributed by atoms with E-state index in [0.29, 0.717) is 43.1 Å². The van der Waals surface area contributed by atoms with E-state index >= 15 is 0 Å². The monoisotopic (exact) mass is 525 g/mol. The predicted molar refractivity (Wildman–Crippen MR) is 141 cm³/mol. The maximum atomic E-state index is 13.7. The third-order valence-corrected chi connectivity index (χ3v) is 6.12. The van der Waals surface area contributed by atoms with Crippen LogP contribution in [0.4, 0.5) is 36.7 Å². The molecule has 11 heteroatoms. The van der Waals surface area contributed by atoms with Crippen LogP contribution in [0, 0.1) is 5.82 Å². The molecule has 1 aliphatic heterocycles. The number of urea groups is 2. The maximum Gasteiger partial charge on any atom is 0.337 e. The molecule has 4 rings (SSSR count). The summed E-state index contributed by atoms with van der Waals surface area (Å²) < 4.78 is 18.4. The number of rotatable bonds is 5. The summed E-state index contributed by atoms with van der Waals surface area (Å²) in [4.78, 5) is 40.3. The predicted octanol–water partition coefficient (Wildman–Crippen LogP) is 5.26. The number of anilines is 4. The van der Waals surface area contributed by atoms with E-state index in [9.17, 15) is 18.8 Å². The molecule has 3 aromatic rings. The molecular weight excluding hydrogens is 501 g/mol. The van der Waals surface area contributed by atoms with E-state index in [1.165, 1.54) is 31.4 Å². The van der Waals surface area contributed by atoms with E-state index in [0.717, 1.165) is 5.69 Å². The molecule has 0 aromatic heterocycles. The van der Waals surface area contributed by atoms with E-state index in [-0.39, 0.29) is 16.7 Å². The highest BCUT2D eigenvalue weighted by molar-refractivity contribution is 6.34. The van der Waals surface area contributed by atoms with Crippen molar-refractivity contribution in [1.82, 2.24) is 4.90 Å². The van der Waals surface area contributed by atoms with Crippen LogP contribution in [0.25, 0.3) is 0 Å². The summed E-state index contributed by atoms with van der Waals surface area (Å²) in [7, 11) is 1.28. The van der Waals surface area contributed by atoms with E-state index in [4.69, 9.17) is 11.6 Å². The van der Waals surface area contributed by atoms with Crippen LogP contribution in [0.1, 0.15) is 10.4 Å². The Hall–Kier alpha value is -4.31. The number of carbonyl (C=O) groups excluding carboxylic acids is 3. The van der Waals surface area contributed by atoms with Gasteiger partial charge >= 0.3 is 18.0 Å². The first-order valence-electron chi connectivity index (χ1n) is 11.5. The van der Waals surface area contributed by atoms with Crippen molar-refractivity contribution in [3.05, 3.63) is 83.1 Å². The van der Waals surface area contributed by atoms with Gasteiger partial charge in [0, 0.05) is 37.6 Å². The Morgan fingerprint density at radius 1 is 0.865 bits per heavy atom. The summed E-state index contributed by atoms with van der Waals surface area (Å²) in [5.74, 6) is -1.02. The first kappa shape index (κ1) is 25.8. The number of carbonyl (C=O) groups is 3. The minimum atomic E-state index is -0.544. The quantitative estimate of drug-likeness (QED) is 0.394. The molecule has 1 saturated heterocycles. The van der Waals surface area contributed by atoms with Crippen LogP contribution in [0.15, 0.2) is 66.7 Å². The normalized spacial score (nSPS) is 13.1. The number of para-hydroxylation sites is 1. The van der Waals surface area contributed by atoms with Gasteiger partial charge in [-0.05, 0) is 54.6 Å². The van der Waals surface area contributed by atoms with Crippen molar-refractivity contribution in [2.45, 2.75) is 0 Å². The molecule has 3 aromatic carbocycles. The van der Waals surface area contributed by atoms with Gasteiger partial charge in [-0.1, -0.05) is 23.7 Å². The fourth-order valence-electron chi connectivity index (χ4n) is 3.83. The number of ether oxygens (including phenoxy) is 1. The molecular formula is C26H25ClFN5O4. The molecule has 1 aliphatic rings. The van der Waals surface area contributed by atoms with Crippen LogP contribution in [-0.2, 0) is 4.74 Å². The zero-order valence-electron chi connectivity index (χ0n) is 20.0. The lowest BCUT2D eigenvalue weighted by atomic mass is 10.2. The summed E-state index contributed by atoms with van der Waals surface area (Å²) in [5, 5.41) is 8.17. The third kappa shape index (κ3) is 6.47. The lowest BCUT2D eigenvalue weighted by Gasteiger charge is -2.36. The number of esters is 1. The number of nitrogens with one attached hydrogen (secondary N) is 3. The van der Waals surface area contributed by atoms with Crippen LogP contribution in [0.3, 0.4) is 0 Å². The fraction of sp³-hybridized carbons (Fsp3) is 0.192. The van der Waals surface area contributed by atoms with Crippen molar-refractivity contribution in [1.29, 1.82) is 0 Å². The molecule has 0 saturated carbocycles. The molecule has 3 N–H and O–H groups in total. The van der Waals surface area contributed by atoms with Crippen molar-refractivity contribution in [2.75, 3.05) is 54.1 Å². The van der Waals surface area contributed by atoms with Gasteiger partial charge in [-0.2, -0.15) is 0 Å². The zero-order chi connectivity index (χ0) is 26.4. The van der Waals surface area contributed by atoms with Gasteiger partial charge in [0.2, 0.25) is 0 Å². The number of hydrogen-bond donors (Lipinski definition) is 3. The van der Waals surface area contributed by atoms with Crippen LogP contribution < -0.4 is 20.9 Å². The molecule has 1 heterocycles. The molecule has 0 aliphatic carbocycles. The van der Waals surface area contributed by atoms with E-state index in [1.54, 1.807) is 35.2 Å².